The Kier molecular flexibility index (Phi) is 4.92. The minimum Gasteiger partial charge on any atom is -0.368 e. The third-order valence-electron chi connectivity index (χ3n) is 5.36. The molecule has 7 nitrogen and oxygen atoms in total. The SMILES string of the molecule is C[C@@H](C(=O)N1CCN(c2ccc(F)cc2)CC1)n1c(=O)[nH]c2ccccc2c1=O. The zero-order valence-corrected chi connectivity index (χ0v) is 16.0. The van der Waals surface area contributed by atoms with E-state index in [2.05, 4.69) is 9.88 Å². The zero-order valence-electron chi connectivity index (χ0n) is 16.0. The summed E-state index contributed by atoms with van der Waals surface area (Å²) in [5, 5.41) is 0.368. The topological polar surface area (TPSA) is 78.4 Å². The monoisotopic (exact) mass is 396 g/mol. The molecular formula is C21H21FN4O3. The zero-order chi connectivity index (χ0) is 20.5. The predicted molar refractivity (Wildman–Crippen MR) is 109 cm³/mol. The van der Waals surface area contributed by atoms with E-state index >= 15 is 0 Å². The van der Waals surface area contributed by atoms with Gasteiger partial charge in [0.1, 0.15) is 11.9 Å². The number of piperazine rings is 1. The van der Waals surface area contributed by atoms with E-state index in [0.29, 0.717) is 37.1 Å². The van der Waals surface area contributed by atoms with Crippen molar-refractivity contribution in [2.24, 2.45) is 0 Å². The van der Waals surface area contributed by atoms with Crippen LogP contribution in [0.5, 0.6) is 0 Å². The van der Waals surface area contributed by atoms with Crippen LogP contribution in [0, 0.1) is 5.82 Å². The highest BCUT2D eigenvalue weighted by Crippen LogP contribution is 2.18. The number of amides is 1. The third kappa shape index (κ3) is 3.53. The van der Waals surface area contributed by atoms with Crippen molar-refractivity contribution in [2.45, 2.75) is 13.0 Å². The number of benzene rings is 2. The normalized spacial score (nSPS) is 15.5. The predicted octanol–water partition coefficient (Wildman–Crippen LogP) is 1.74. The fourth-order valence-corrected chi connectivity index (χ4v) is 3.74. The Balaban J connectivity index is 1.52. The van der Waals surface area contributed by atoms with Gasteiger partial charge in [0.05, 0.1) is 10.9 Å². The highest BCUT2D eigenvalue weighted by Gasteiger charge is 2.28. The van der Waals surface area contributed by atoms with Crippen LogP contribution in [0.3, 0.4) is 0 Å². The summed E-state index contributed by atoms with van der Waals surface area (Å²) in [6.07, 6.45) is 0. The molecule has 8 heteroatoms. The molecule has 2 aromatic carbocycles. The van der Waals surface area contributed by atoms with Crippen LogP contribution < -0.4 is 16.1 Å². The molecule has 1 saturated heterocycles. The number of aromatic amines is 1. The van der Waals surface area contributed by atoms with Gasteiger partial charge < -0.3 is 14.8 Å². The lowest BCUT2D eigenvalue weighted by atomic mass is 10.2. The molecule has 0 saturated carbocycles. The Bertz CT molecular complexity index is 1160. The molecule has 4 rings (SSSR count). The molecule has 1 atom stereocenters. The average Bonchev–Trinajstić information content (AvgIpc) is 2.74. The van der Waals surface area contributed by atoms with Gasteiger partial charge in [-0.05, 0) is 43.3 Å². The quantitative estimate of drug-likeness (QED) is 0.732. The number of carbonyl (C=O) groups excluding carboxylic acids is 1. The molecular weight excluding hydrogens is 375 g/mol. The maximum Gasteiger partial charge on any atom is 0.329 e. The van der Waals surface area contributed by atoms with Crippen LogP contribution in [0.2, 0.25) is 0 Å². The van der Waals surface area contributed by atoms with Crippen LogP contribution in [0.25, 0.3) is 10.9 Å². The molecule has 3 aromatic rings. The number of rotatable bonds is 3. The van der Waals surface area contributed by atoms with Gasteiger partial charge in [-0.15, -0.1) is 0 Å². The van der Waals surface area contributed by atoms with Crippen molar-refractivity contribution < 1.29 is 9.18 Å². The fourth-order valence-electron chi connectivity index (χ4n) is 3.74. The van der Waals surface area contributed by atoms with Gasteiger partial charge in [0.15, 0.2) is 0 Å². The highest BCUT2D eigenvalue weighted by atomic mass is 19.1. The van der Waals surface area contributed by atoms with Gasteiger partial charge in [0, 0.05) is 31.9 Å². The number of carbonyl (C=O) groups is 1. The Morgan fingerprint density at radius 1 is 1.00 bits per heavy atom. The number of nitrogens with zero attached hydrogens (tertiary/aromatic N) is 3. The summed E-state index contributed by atoms with van der Waals surface area (Å²) in [5.41, 5.74) is 0.273. The lowest BCUT2D eigenvalue weighted by Gasteiger charge is -2.37. The van der Waals surface area contributed by atoms with E-state index in [0.717, 1.165) is 10.3 Å². The molecule has 1 amide bonds. The van der Waals surface area contributed by atoms with Crippen molar-refractivity contribution in [2.75, 3.05) is 31.1 Å². The summed E-state index contributed by atoms with van der Waals surface area (Å²) in [6.45, 7) is 3.67. The first-order valence-electron chi connectivity index (χ1n) is 9.48. The van der Waals surface area contributed by atoms with Crippen molar-refractivity contribution in [3.63, 3.8) is 0 Å². The molecule has 1 aliphatic heterocycles. The van der Waals surface area contributed by atoms with Crippen LogP contribution in [0.1, 0.15) is 13.0 Å². The van der Waals surface area contributed by atoms with Gasteiger partial charge in [-0.3, -0.25) is 9.59 Å². The van der Waals surface area contributed by atoms with Crippen molar-refractivity contribution in [1.29, 1.82) is 0 Å². The maximum atomic E-state index is 13.1. The van der Waals surface area contributed by atoms with E-state index in [-0.39, 0.29) is 11.7 Å². The van der Waals surface area contributed by atoms with Gasteiger partial charge in [-0.25, -0.2) is 13.8 Å². The van der Waals surface area contributed by atoms with Crippen molar-refractivity contribution in [1.82, 2.24) is 14.5 Å². The maximum absolute atomic E-state index is 13.1. The smallest absolute Gasteiger partial charge is 0.329 e. The molecule has 2 heterocycles. The summed E-state index contributed by atoms with van der Waals surface area (Å²) < 4.78 is 14.1. The van der Waals surface area contributed by atoms with Crippen molar-refractivity contribution in [3.05, 3.63) is 75.2 Å². The molecule has 1 fully saturated rings. The molecule has 1 aromatic heterocycles. The molecule has 0 bridgehead atoms. The number of para-hydroxylation sites is 1. The number of hydrogen-bond donors (Lipinski definition) is 1. The molecule has 1 aliphatic rings. The summed E-state index contributed by atoms with van der Waals surface area (Å²) in [5.74, 6) is -0.561. The highest BCUT2D eigenvalue weighted by molar-refractivity contribution is 5.81. The summed E-state index contributed by atoms with van der Waals surface area (Å²) in [7, 11) is 0. The Labute approximate surface area is 166 Å². The van der Waals surface area contributed by atoms with Gasteiger partial charge >= 0.3 is 5.69 Å². The van der Waals surface area contributed by atoms with E-state index in [4.69, 9.17) is 0 Å². The molecule has 29 heavy (non-hydrogen) atoms. The number of hydrogen-bond acceptors (Lipinski definition) is 4. The molecule has 0 unspecified atom stereocenters. The van der Waals surface area contributed by atoms with Gasteiger partial charge in [0.2, 0.25) is 5.91 Å². The summed E-state index contributed by atoms with van der Waals surface area (Å²) in [6, 6.07) is 12.1. The van der Waals surface area contributed by atoms with Crippen LogP contribution in [-0.2, 0) is 4.79 Å². The Morgan fingerprint density at radius 2 is 1.66 bits per heavy atom. The second-order valence-corrected chi connectivity index (χ2v) is 7.12. The van der Waals surface area contributed by atoms with Gasteiger partial charge in [0.25, 0.3) is 5.56 Å². The minimum absolute atomic E-state index is 0.272. The largest absolute Gasteiger partial charge is 0.368 e. The summed E-state index contributed by atoms with van der Waals surface area (Å²) in [4.78, 5) is 44.6. The van der Waals surface area contributed by atoms with E-state index in [1.165, 1.54) is 12.1 Å². The number of nitrogens with one attached hydrogen (secondary N) is 1. The van der Waals surface area contributed by atoms with Crippen molar-refractivity contribution in [3.8, 4) is 0 Å². The number of anilines is 1. The van der Waals surface area contributed by atoms with Gasteiger partial charge in [-0.1, -0.05) is 12.1 Å². The number of fused-ring (bicyclic) bond motifs is 1. The number of aromatic nitrogens is 2. The molecule has 1 N–H and O–H groups in total. The second kappa shape index (κ2) is 7.54. The first kappa shape index (κ1) is 18.9. The van der Waals surface area contributed by atoms with E-state index in [9.17, 15) is 18.8 Å². The van der Waals surface area contributed by atoms with Crippen LogP contribution in [0.15, 0.2) is 58.1 Å². The number of H-pyrrole nitrogens is 1. The first-order valence-corrected chi connectivity index (χ1v) is 9.48. The molecule has 150 valence electrons. The second-order valence-electron chi connectivity index (χ2n) is 7.12. The van der Waals surface area contributed by atoms with Crippen molar-refractivity contribution >= 4 is 22.5 Å². The van der Waals surface area contributed by atoms with E-state index < -0.39 is 17.3 Å². The molecule has 0 aliphatic carbocycles. The summed E-state index contributed by atoms with van der Waals surface area (Å²) >= 11 is 0. The Hall–Kier alpha value is -3.42. The van der Waals surface area contributed by atoms with Crippen LogP contribution in [-0.4, -0.2) is 46.5 Å². The molecule has 0 spiro atoms. The van der Waals surface area contributed by atoms with E-state index in [1.54, 1.807) is 48.2 Å². The minimum atomic E-state index is -0.909. The van der Waals surface area contributed by atoms with Crippen LogP contribution in [0.4, 0.5) is 10.1 Å². The fraction of sp³-hybridized carbons (Fsp3) is 0.286. The van der Waals surface area contributed by atoms with Crippen LogP contribution >= 0.6 is 0 Å². The standard InChI is InChI=1S/C21H21FN4O3/c1-14(26-20(28)17-4-2-3-5-18(17)23-21(26)29)19(27)25-12-10-24(11-13-25)16-8-6-15(22)7-9-16/h2-9,14H,10-13H2,1H3,(H,23,29)/t14-/m0/s1. The average molecular weight is 396 g/mol. The van der Waals surface area contributed by atoms with E-state index in [1.807, 2.05) is 0 Å². The lowest BCUT2D eigenvalue weighted by molar-refractivity contribution is -0.134. The third-order valence-corrected chi connectivity index (χ3v) is 5.36. The Morgan fingerprint density at radius 3 is 2.34 bits per heavy atom. The van der Waals surface area contributed by atoms with Gasteiger partial charge in [-0.2, -0.15) is 0 Å². The number of halogens is 1. The lowest BCUT2D eigenvalue weighted by Crippen LogP contribution is -2.52. The molecule has 0 radical (unpaired) electrons. The first-order chi connectivity index (χ1) is 14.0.